The molecule has 3 aromatic rings. The lowest BCUT2D eigenvalue weighted by Gasteiger charge is -2.14. The summed E-state index contributed by atoms with van der Waals surface area (Å²) in [5.41, 5.74) is 2.77. The van der Waals surface area contributed by atoms with Crippen LogP contribution < -0.4 is 10.6 Å². The van der Waals surface area contributed by atoms with Crippen LogP contribution in [-0.2, 0) is 6.42 Å². The van der Waals surface area contributed by atoms with Crippen molar-refractivity contribution in [1.29, 1.82) is 0 Å². The van der Waals surface area contributed by atoms with Crippen LogP contribution in [-0.4, -0.2) is 22.4 Å². The van der Waals surface area contributed by atoms with Gasteiger partial charge >= 0.3 is 0 Å². The first kappa shape index (κ1) is 18.6. The molecule has 0 spiro atoms. The SMILES string of the molecule is CC(Nc1cnc(C(=O)NCCCc2ccccc2)cn1)c1ccccc1. The summed E-state index contributed by atoms with van der Waals surface area (Å²) in [6.07, 6.45) is 4.93. The van der Waals surface area contributed by atoms with Gasteiger partial charge in [-0.1, -0.05) is 60.7 Å². The minimum atomic E-state index is -0.196. The smallest absolute Gasteiger partial charge is 0.271 e. The second kappa shape index (κ2) is 9.48. The minimum absolute atomic E-state index is 0.109. The van der Waals surface area contributed by atoms with Gasteiger partial charge in [-0.2, -0.15) is 0 Å². The molecule has 2 N–H and O–H groups in total. The number of nitrogens with zero attached hydrogens (tertiary/aromatic N) is 2. The van der Waals surface area contributed by atoms with E-state index in [2.05, 4.69) is 51.8 Å². The molecule has 0 aliphatic heterocycles. The zero-order valence-electron chi connectivity index (χ0n) is 15.4. The van der Waals surface area contributed by atoms with Crippen LogP contribution in [0.2, 0.25) is 0 Å². The third kappa shape index (κ3) is 5.64. The molecule has 3 rings (SSSR count). The average Bonchev–Trinajstić information content (AvgIpc) is 2.73. The lowest BCUT2D eigenvalue weighted by Crippen LogP contribution is -2.26. The van der Waals surface area contributed by atoms with E-state index >= 15 is 0 Å². The highest BCUT2D eigenvalue weighted by Crippen LogP contribution is 2.16. The number of aryl methyl sites for hydroxylation is 1. The van der Waals surface area contributed by atoms with Crippen LogP contribution in [0.15, 0.2) is 73.1 Å². The summed E-state index contributed by atoms with van der Waals surface area (Å²) in [5.74, 6) is 0.449. The van der Waals surface area contributed by atoms with Gasteiger partial charge in [0.05, 0.1) is 12.4 Å². The van der Waals surface area contributed by atoms with E-state index in [9.17, 15) is 4.79 Å². The topological polar surface area (TPSA) is 66.9 Å². The molecular formula is C22H24N4O. The van der Waals surface area contributed by atoms with Crippen LogP contribution in [0.3, 0.4) is 0 Å². The van der Waals surface area contributed by atoms with Gasteiger partial charge in [-0.15, -0.1) is 0 Å². The van der Waals surface area contributed by atoms with E-state index in [4.69, 9.17) is 0 Å². The molecule has 0 radical (unpaired) electrons. The minimum Gasteiger partial charge on any atom is -0.362 e. The molecule has 1 unspecified atom stereocenters. The van der Waals surface area contributed by atoms with Gasteiger partial charge in [-0.3, -0.25) is 4.79 Å². The Morgan fingerprint density at radius 2 is 1.67 bits per heavy atom. The molecule has 5 nitrogen and oxygen atoms in total. The predicted octanol–water partition coefficient (Wildman–Crippen LogP) is 4.01. The van der Waals surface area contributed by atoms with Crippen LogP contribution >= 0.6 is 0 Å². The lowest BCUT2D eigenvalue weighted by atomic mass is 10.1. The van der Waals surface area contributed by atoms with Crippen molar-refractivity contribution in [2.75, 3.05) is 11.9 Å². The number of hydrogen-bond acceptors (Lipinski definition) is 4. The molecule has 1 aromatic heterocycles. The van der Waals surface area contributed by atoms with Gasteiger partial charge in [-0.05, 0) is 30.9 Å². The summed E-state index contributed by atoms with van der Waals surface area (Å²) in [4.78, 5) is 20.7. The van der Waals surface area contributed by atoms with Gasteiger partial charge in [0, 0.05) is 12.6 Å². The van der Waals surface area contributed by atoms with Crippen LogP contribution in [0.4, 0.5) is 5.82 Å². The van der Waals surface area contributed by atoms with Gasteiger partial charge in [0.2, 0.25) is 0 Å². The van der Waals surface area contributed by atoms with Gasteiger partial charge in [0.25, 0.3) is 5.91 Å². The molecular weight excluding hydrogens is 336 g/mol. The zero-order chi connectivity index (χ0) is 18.9. The Labute approximate surface area is 159 Å². The van der Waals surface area contributed by atoms with Crippen molar-refractivity contribution < 1.29 is 4.79 Å². The summed E-state index contributed by atoms with van der Waals surface area (Å²) in [6.45, 7) is 2.67. The van der Waals surface area contributed by atoms with Crippen LogP contribution in [0.5, 0.6) is 0 Å². The van der Waals surface area contributed by atoms with E-state index < -0.39 is 0 Å². The Balaban J connectivity index is 1.45. The van der Waals surface area contributed by atoms with E-state index in [1.165, 1.54) is 17.3 Å². The summed E-state index contributed by atoms with van der Waals surface area (Å²) in [5, 5.41) is 6.18. The Morgan fingerprint density at radius 3 is 2.33 bits per heavy atom. The number of anilines is 1. The molecule has 0 saturated heterocycles. The van der Waals surface area contributed by atoms with E-state index in [0.29, 0.717) is 18.1 Å². The normalized spacial score (nSPS) is 11.6. The van der Waals surface area contributed by atoms with E-state index in [1.54, 1.807) is 6.20 Å². The van der Waals surface area contributed by atoms with Crippen LogP contribution in [0.1, 0.15) is 41.0 Å². The average molecular weight is 360 g/mol. The monoisotopic (exact) mass is 360 g/mol. The summed E-state index contributed by atoms with van der Waals surface area (Å²) in [6, 6.07) is 20.5. The third-order valence-corrected chi connectivity index (χ3v) is 4.32. The molecule has 5 heteroatoms. The molecule has 0 bridgehead atoms. The van der Waals surface area contributed by atoms with Crippen LogP contribution in [0, 0.1) is 0 Å². The summed E-state index contributed by atoms with van der Waals surface area (Å²) >= 11 is 0. The van der Waals surface area contributed by atoms with Gasteiger partial charge in [0.15, 0.2) is 0 Å². The van der Waals surface area contributed by atoms with Crippen molar-refractivity contribution in [3.63, 3.8) is 0 Å². The van der Waals surface area contributed by atoms with Gasteiger partial charge < -0.3 is 10.6 Å². The number of amides is 1. The first-order valence-electron chi connectivity index (χ1n) is 9.18. The van der Waals surface area contributed by atoms with Crippen molar-refractivity contribution in [2.45, 2.75) is 25.8 Å². The van der Waals surface area contributed by atoms with E-state index in [1.807, 2.05) is 36.4 Å². The fourth-order valence-corrected chi connectivity index (χ4v) is 2.80. The molecule has 1 atom stereocenters. The number of nitrogens with one attached hydrogen (secondary N) is 2. The van der Waals surface area contributed by atoms with Crippen molar-refractivity contribution in [1.82, 2.24) is 15.3 Å². The van der Waals surface area contributed by atoms with Crippen molar-refractivity contribution in [3.8, 4) is 0 Å². The molecule has 0 fully saturated rings. The zero-order valence-corrected chi connectivity index (χ0v) is 15.4. The van der Waals surface area contributed by atoms with E-state index in [0.717, 1.165) is 12.8 Å². The number of benzene rings is 2. The molecule has 0 aliphatic rings. The molecule has 27 heavy (non-hydrogen) atoms. The van der Waals surface area contributed by atoms with Crippen molar-refractivity contribution in [2.24, 2.45) is 0 Å². The lowest BCUT2D eigenvalue weighted by molar-refractivity contribution is 0.0948. The molecule has 1 amide bonds. The first-order valence-corrected chi connectivity index (χ1v) is 9.18. The van der Waals surface area contributed by atoms with Crippen molar-refractivity contribution >= 4 is 11.7 Å². The molecule has 0 saturated carbocycles. The van der Waals surface area contributed by atoms with E-state index in [-0.39, 0.29) is 11.9 Å². The molecule has 2 aromatic carbocycles. The largest absolute Gasteiger partial charge is 0.362 e. The third-order valence-electron chi connectivity index (χ3n) is 4.32. The Morgan fingerprint density at radius 1 is 0.963 bits per heavy atom. The Hall–Kier alpha value is -3.21. The Kier molecular flexibility index (Phi) is 6.52. The molecule has 1 heterocycles. The molecule has 138 valence electrons. The van der Waals surface area contributed by atoms with Crippen LogP contribution in [0.25, 0.3) is 0 Å². The fourth-order valence-electron chi connectivity index (χ4n) is 2.80. The molecule has 0 aliphatic carbocycles. The predicted molar refractivity (Wildman–Crippen MR) is 108 cm³/mol. The Bertz CT molecular complexity index is 835. The second-order valence-corrected chi connectivity index (χ2v) is 6.41. The maximum Gasteiger partial charge on any atom is 0.271 e. The number of carbonyl (C=O) groups excluding carboxylic acids is 1. The highest BCUT2D eigenvalue weighted by atomic mass is 16.1. The quantitative estimate of drug-likeness (QED) is 0.596. The second-order valence-electron chi connectivity index (χ2n) is 6.41. The summed E-state index contributed by atoms with van der Waals surface area (Å²) < 4.78 is 0. The van der Waals surface area contributed by atoms with Gasteiger partial charge in [0.1, 0.15) is 11.5 Å². The maximum absolute atomic E-state index is 12.2. The highest BCUT2D eigenvalue weighted by molar-refractivity contribution is 5.91. The van der Waals surface area contributed by atoms with Crippen molar-refractivity contribution in [3.05, 3.63) is 89.9 Å². The maximum atomic E-state index is 12.2. The van der Waals surface area contributed by atoms with Gasteiger partial charge in [-0.25, -0.2) is 9.97 Å². The highest BCUT2D eigenvalue weighted by Gasteiger charge is 2.09. The number of rotatable bonds is 8. The first-order chi connectivity index (χ1) is 13.2. The number of carbonyl (C=O) groups is 1. The standard InChI is InChI=1S/C22H24N4O/c1-17(19-12-6-3-7-13-19)26-21-16-24-20(15-25-21)22(27)23-14-8-11-18-9-4-2-5-10-18/h2-7,9-10,12-13,15-17H,8,11,14H2,1H3,(H,23,27)(H,25,26). The fraction of sp³-hybridized carbons (Fsp3) is 0.227. The number of aromatic nitrogens is 2. The summed E-state index contributed by atoms with van der Waals surface area (Å²) in [7, 11) is 0. The number of hydrogen-bond donors (Lipinski definition) is 2.